The molecule has 3 nitrogen and oxygen atoms in total. The first-order chi connectivity index (χ1) is 6.84. The smallest absolute Gasteiger partial charge is 0.0110 e. The number of piperidine rings is 1. The Labute approximate surface area is 112 Å². The number of nitrogens with one attached hydrogen (secondary N) is 1. The SMILES string of the molecule is CN1CCN(CC2CCNCC2)CC1.Cl.Cl. The first kappa shape index (κ1) is 16.5. The second-order valence-corrected chi connectivity index (χ2v) is 4.80. The van der Waals surface area contributed by atoms with Crippen molar-refractivity contribution >= 4 is 24.8 Å². The van der Waals surface area contributed by atoms with Gasteiger partial charge >= 0.3 is 0 Å². The molecule has 5 heteroatoms. The van der Waals surface area contributed by atoms with E-state index in [0.29, 0.717) is 0 Å². The van der Waals surface area contributed by atoms with Crippen LogP contribution in [0.15, 0.2) is 0 Å². The van der Waals surface area contributed by atoms with E-state index in [1.165, 1.54) is 58.7 Å². The number of hydrogen-bond donors (Lipinski definition) is 1. The van der Waals surface area contributed by atoms with Gasteiger partial charge in [-0.25, -0.2) is 0 Å². The predicted octanol–water partition coefficient (Wildman–Crippen LogP) is 1.08. The minimum atomic E-state index is 0. The summed E-state index contributed by atoms with van der Waals surface area (Å²) in [5.41, 5.74) is 0. The first-order valence-electron chi connectivity index (χ1n) is 5.96. The van der Waals surface area contributed by atoms with Gasteiger partial charge in [0.25, 0.3) is 0 Å². The fourth-order valence-corrected chi connectivity index (χ4v) is 2.46. The molecule has 0 unspecified atom stereocenters. The molecule has 2 saturated heterocycles. The summed E-state index contributed by atoms with van der Waals surface area (Å²) in [7, 11) is 2.22. The average molecular weight is 270 g/mol. The average Bonchev–Trinajstić information content (AvgIpc) is 2.23. The lowest BCUT2D eigenvalue weighted by Gasteiger charge is -2.35. The van der Waals surface area contributed by atoms with Crippen molar-refractivity contribution in [2.24, 2.45) is 5.92 Å². The summed E-state index contributed by atoms with van der Waals surface area (Å²) in [6.45, 7) is 8.88. The number of nitrogens with zero attached hydrogens (tertiary/aromatic N) is 2. The van der Waals surface area contributed by atoms with Gasteiger partial charge in [-0.3, -0.25) is 0 Å². The van der Waals surface area contributed by atoms with Crippen LogP contribution >= 0.6 is 24.8 Å². The van der Waals surface area contributed by atoms with E-state index < -0.39 is 0 Å². The largest absolute Gasteiger partial charge is 0.317 e. The zero-order valence-corrected chi connectivity index (χ0v) is 11.8. The van der Waals surface area contributed by atoms with Crippen LogP contribution in [-0.2, 0) is 0 Å². The Morgan fingerprint density at radius 1 is 1.00 bits per heavy atom. The summed E-state index contributed by atoms with van der Waals surface area (Å²) in [4.78, 5) is 5.08. The van der Waals surface area contributed by atoms with Crippen molar-refractivity contribution in [1.29, 1.82) is 0 Å². The van der Waals surface area contributed by atoms with Crippen LogP contribution in [0.3, 0.4) is 0 Å². The quantitative estimate of drug-likeness (QED) is 0.810. The third kappa shape index (κ3) is 5.19. The maximum atomic E-state index is 3.43. The molecule has 2 rings (SSSR count). The standard InChI is InChI=1S/C11H23N3.2ClH/c1-13-6-8-14(9-7-13)10-11-2-4-12-5-3-11;;/h11-12H,2-10H2,1H3;2*1H. The van der Waals surface area contributed by atoms with Crippen molar-refractivity contribution in [2.75, 3.05) is 52.9 Å². The molecular weight excluding hydrogens is 245 g/mol. The van der Waals surface area contributed by atoms with Crippen LogP contribution in [0.25, 0.3) is 0 Å². The van der Waals surface area contributed by atoms with Gasteiger partial charge in [-0.1, -0.05) is 0 Å². The molecule has 0 saturated carbocycles. The second kappa shape index (κ2) is 8.54. The van der Waals surface area contributed by atoms with Crippen molar-refractivity contribution in [3.8, 4) is 0 Å². The van der Waals surface area contributed by atoms with Gasteiger partial charge in [-0.2, -0.15) is 0 Å². The molecule has 0 aromatic carbocycles. The normalized spacial score (nSPS) is 24.6. The van der Waals surface area contributed by atoms with Crippen molar-refractivity contribution < 1.29 is 0 Å². The lowest BCUT2D eigenvalue weighted by molar-refractivity contribution is 0.127. The van der Waals surface area contributed by atoms with Gasteiger partial charge in [0.2, 0.25) is 0 Å². The molecule has 98 valence electrons. The molecule has 0 atom stereocenters. The van der Waals surface area contributed by atoms with Gasteiger partial charge in [-0.15, -0.1) is 24.8 Å². The Balaban J connectivity index is 0.00000112. The minimum absolute atomic E-state index is 0. The summed E-state index contributed by atoms with van der Waals surface area (Å²) < 4.78 is 0. The highest BCUT2D eigenvalue weighted by Crippen LogP contribution is 2.14. The van der Waals surface area contributed by atoms with Crippen LogP contribution in [-0.4, -0.2) is 62.7 Å². The second-order valence-electron chi connectivity index (χ2n) is 4.80. The van der Waals surface area contributed by atoms with Gasteiger partial charge in [0.1, 0.15) is 0 Å². The molecule has 0 aliphatic carbocycles. The summed E-state index contributed by atoms with van der Waals surface area (Å²) in [5.74, 6) is 0.958. The third-order valence-electron chi connectivity index (χ3n) is 3.57. The zero-order chi connectivity index (χ0) is 9.80. The van der Waals surface area contributed by atoms with E-state index >= 15 is 0 Å². The van der Waals surface area contributed by atoms with E-state index in [-0.39, 0.29) is 24.8 Å². The summed E-state index contributed by atoms with van der Waals surface area (Å²) in [5, 5.41) is 3.43. The molecule has 1 N–H and O–H groups in total. The Bertz CT molecular complexity index is 167. The molecule has 0 aromatic heterocycles. The molecule has 0 radical (unpaired) electrons. The summed E-state index contributed by atoms with van der Waals surface area (Å²) >= 11 is 0. The number of rotatable bonds is 2. The van der Waals surface area contributed by atoms with Crippen molar-refractivity contribution in [3.63, 3.8) is 0 Å². The van der Waals surface area contributed by atoms with Crippen LogP contribution in [0.2, 0.25) is 0 Å². The molecule has 0 bridgehead atoms. The number of halogens is 2. The Morgan fingerprint density at radius 3 is 2.12 bits per heavy atom. The van der Waals surface area contributed by atoms with E-state index in [1.807, 2.05) is 0 Å². The van der Waals surface area contributed by atoms with Gasteiger partial charge in [-0.05, 0) is 38.9 Å². The van der Waals surface area contributed by atoms with Crippen molar-refractivity contribution in [3.05, 3.63) is 0 Å². The van der Waals surface area contributed by atoms with Crippen LogP contribution in [0.5, 0.6) is 0 Å². The Morgan fingerprint density at radius 2 is 1.56 bits per heavy atom. The first-order valence-corrected chi connectivity index (χ1v) is 5.96. The fourth-order valence-electron chi connectivity index (χ4n) is 2.46. The van der Waals surface area contributed by atoms with E-state index in [4.69, 9.17) is 0 Å². The highest BCUT2D eigenvalue weighted by Gasteiger charge is 2.19. The minimum Gasteiger partial charge on any atom is -0.317 e. The van der Waals surface area contributed by atoms with E-state index in [2.05, 4.69) is 22.2 Å². The van der Waals surface area contributed by atoms with Crippen molar-refractivity contribution in [1.82, 2.24) is 15.1 Å². The molecule has 2 aliphatic rings. The van der Waals surface area contributed by atoms with E-state index in [9.17, 15) is 0 Å². The number of hydrogen-bond acceptors (Lipinski definition) is 3. The highest BCUT2D eigenvalue weighted by atomic mass is 35.5. The molecule has 16 heavy (non-hydrogen) atoms. The maximum absolute atomic E-state index is 3.43. The van der Waals surface area contributed by atoms with Gasteiger partial charge in [0, 0.05) is 32.7 Å². The summed E-state index contributed by atoms with van der Waals surface area (Å²) in [6.07, 6.45) is 2.76. The highest BCUT2D eigenvalue weighted by molar-refractivity contribution is 5.85. The van der Waals surface area contributed by atoms with Crippen LogP contribution < -0.4 is 5.32 Å². The van der Waals surface area contributed by atoms with Gasteiger partial charge < -0.3 is 15.1 Å². The van der Waals surface area contributed by atoms with Gasteiger partial charge in [0.15, 0.2) is 0 Å². The lowest BCUT2D eigenvalue weighted by atomic mass is 9.97. The monoisotopic (exact) mass is 269 g/mol. The molecule has 0 spiro atoms. The predicted molar refractivity (Wildman–Crippen MR) is 74.0 cm³/mol. The van der Waals surface area contributed by atoms with Gasteiger partial charge in [0.05, 0.1) is 0 Å². The number of likely N-dealkylation sites (N-methyl/N-ethyl adjacent to an activating group) is 1. The summed E-state index contributed by atoms with van der Waals surface area (Å²) in [6, 6.07) is 0. The lowest BCUT2D eigenvalue weighted by Crippen LogP contribution is -2.47. The Hall–Kier alpha value is 0.460. The molecule has 0 amide bonds. The van der Waals surface area contributed by atoms with E-state index in [0.717, 1.165) is 5.92 Å². The number of piperazine rings is 1. The van der Waals surface area contributed by atoms with Crippen LogP contribution in [0.1, 0.15) is 12.8 Å². The van der Waals surface area contributed by atoms with E-state index in [1.54, 1.807) is 0 Å². The van der Waals surface area contributed by atoms with Crippen LogP contribution in [0.4, 0.5) is 0 Å². The fraction of sp³-hybridized carbons (Fsp3) is 1.00. The van der Waals surface area contributed by atoms with Crippen LogP contribution in [0, 0.1) is 5.92 Å². The van der Waals surface area contributed by atoms with Crippen molar-refractivity contribution in [2.45, 2.75) is 12.8 Å². The molecule has 2 heterocycles. The Kier molecular flexibility index (Phi) is 8.78. The molecule has 0 aromatic rings. The molecule has 2 fully saturated rings. The zero-order valence-electron chi connectivity index (χ0n) is 10.2. The third-order valence-corrected chi connectivity index (χ3v) is 3.57. The maximum Gasteiger partial charge on any atom is 0.0110 e. The molecular formula is C11H25Cl2N3. The molecule has 2 aliphatic heterocycles. The topological polar surface area (TPSA) is 18.5 Å².